The molecule has 2 rings (SSSR count). The van der Waals surface area contributed by atoms with Gasteiger partial charge in [0.1, 0.15) is 0 Å². The molecule has 1 aromatic rings. The molecule has 1 aliphatic heterocycles. The second kappa shape index (κ2) is 4.00. The molecule has 1 aliphatic rings. The molecule has 3 nitrogen and oxygen atoms in total. The average Bonchev–Trinajstić information content (AvgIpc) is 2.51. The van der Waals surface area contributed by atoms with Crippen LogP contribution < -0.4 is 0 Å². The molecule has 0 bridgehead atoms. The van der Waals surface area contributed by atoms with Crippen molar-refractivity contribution in [3.63, 3.8) is 0 Å². The number of benzene rings is 1. The van der Waals surface area contributed by atoms with E-state index in [2.05, 4.69) is 0 Å². The Bertz CT molecular complexity index is 417. The Kier molecular flexibility index (Phi) is 2.87. The number of halogens is 2. The molecule has 0 saturated heterocycles. The van der Waals surface area contributed by atoms with Gasteiger partial charge in [-0.25, -0.2) is 4.79 Å². The summed E-state index contributed by atoms with van der Waals surface area (Å²) in [6.45, 7) is 2.28. The summed E-state index contributed by atoms with van der Waals surface area (Å²) in [6, 6.07) is 3.31. The third kappa shape index (κ3) is 1.71. The molecule has 1 atom stereocenters. The topological polar surface area (TPSA) is 35.5 Å². The lowest BCUT2D eigenvalue weighted by Gasteiger charge is -2.09. The SMILES string of the molecule is CCOC1OC(=O)c2c1ccc(Cl)c2Cl. The zero-order chi connectivity index (χ0) is 11.0. The number of carbonyl (C=O) groups is 1. The minimum absolute atomic E-state index is 0.223. The first kappa shape index (κ1) is 10.7. The third-order valence-corrected chi connectivity index (χ3v) is 2.92. The molecule has 0 amide bonds. The van der Waals surface area contributed by atoms with E-state index in [9.17, 15) is 4.79 Å². The second-order valence-electron chi connectivity index (χ2n) is 3.02. The quantitative estimate of drug-likeness (QED) is 0.753. The van der Waals surface area contributed by atoms with Gasteiger partial charge < -0.3 is 9.47 Å². The van der Waals surface area contributed by atoms with Crippen LogP contribution in [0, 0.1) is 0 Å². The van der Waals surface area contributed by atoms with Crippen molar-refractivity contribution in [3.8, 4) is 0 Å². The maximum atomic E-state index is 11.5. The molecule has 0 aromatic heterocycles. The number of rotatable bonds is 2. The van der Waals surface area contributed by atoms with Crippen molar-refractivity contribution in [3.05, 3.63) is 33.3 Å². The number of ether oxygens (including phenoxy) is 2. The van der Waals surface area contributed by atoms with Crippen molar-refractivity contribution in [2.24, 2.45) is 0 Å². The maximum absolute atomic E-state index is 11.5. The van der Waals surface area contributed by atoms with E-state index in [-0.39, 0.29) is 5.02 Å². The van der Waals surface area contributed by atoms with Gasteiger partial charge in [-0.05, 0) is 13.0 Å². The Labute approximate surface area is 96.9 Å². The first-order chi connectivity index (χ1) is 7.15. The average molecular weight is 247 g/mol. The van der Waals surface area contributed by atoms with Gasteiger partial charge in [0.2, 0.25) is 6.29 Å². The molecular weight excluding hydrogens is 239 g/mol. The number of fused-ring (bicyclic) bond motifs is 1. The minimum Gasteiger partial charge on any atom is -0.428 e. The van der Waals surface area contributed by atoms with Crippen LogP contribution in [0.3, 0.4) is 0 Å². The van der Waals surface area contributed by atoms with Crippen LogP contribution in [0.15, 0.2) is 12.1 Å². The fourth-order valence-electron chi connectivity index (χ4n) is 1.46. The molecule has 0 fully saturated rings. The molecule has 5 heteroatoms. The fourth-order valence-corrected chi connectivity index (χ4v) is 1.87. The van der Waals surface area contributed by atoms with E-state index in [1.807, 2.05) is 6.92 Å². The number of hydrogen-bond donors (Lipinski definition) is 0. The van der Waals surface area contributed by atoms with Crippen LogP contribution >= 0.6 is 23.2 Å². The predicted molar refractivity (Wildman–Crippen MR) is 56.2 cm³/mol. The summed E-state index contributed by atoms with van der Waals surface area (Å²) >= 11 is 11.7. The summed E-state index contributed by atoms with van der Waals surface area (Å²) in [5, 5.41) is 0.561. The van der Waals surface area contributed by atoms with Gasteiger partial charge in [0.15, 0.2) is 0 Å². The maximum Gasteiger partial charge on any atom is 0.342 e. The Balaban J connectivity index is 2.50. The van der Waals surface area contributed by atoms with Crippen LogP contribution in [0.25, 0.3) is 0 Å². The zero-order valence-corrected chi connectivity index (χ0v) is 9.43. The summed E-state index contributed by atoms with van der Waals surface area (Å²) in [5.41, 5.74) is 0.943. The van der Waals surface area contributed by atoms with E-state index in [0.717, 1.165) is 0 Å². The summed E-state index contributed by atoms with van der Waals surface area (Å²) in [5.74, 6) is -0.490. The summed E-state index contributed by atoms with van der Waals surface area (Å²) in [4.78, 5) is 11.5. The summed E-state index contributed by atoms with van der Waals surface area (Å²) in [7, 11) is 0. The van der Waals surface area contributed by atoms with Crippen molar-refractivity contribution in [2.75, 3.05) is 6.61 Å². The van der Waals surface area contributed by atoms with Crippen molar-refractivity contribution in [2.45, 2.75) is 13.2 Å². The van der Waals surface area contributed by atoms with Gasteiger partial charge in [-0.15, -0.1) is 0 Å². The first-order valence-corrected chi connectivity index (χ1v) is 5.21. The Morgan fingerprint density at radius 1 is 1.47 bits per heavy atom. The van der Waals surface area contributed by atoms with E-state index < -0.39 is 12.3 Å². The van der Waals surface area contributed by atoms with Gasteiger partial charge >= 0.3 is 5.97 Å². The highest BCUT2D eigenvalue weighted by molar-refractivity contribution is 6.44. The van der Waals surface area contributed by atoms with Gasteiger partial charge in [-0.3, -0.25) is 0 Å². The van der Waals surface area contributed by atoms with Gasteiger partial charge in [-0.2, -0.15) is 0 Å². The van der Waals surface area contributed by atoms with Crippen LogP contribution in [0.5, 0.6) is 0 Å². The number of esters is 1. The molecular formula is C10H8Cl2O3. The van der Waals surface area contributed by atoms with Gasteiger partial charge in [0.25, 0.3) is 0 Å². The molecule has 1 unspecified atom stereocenters. The van der Waals surface area contributed by atoms with Gasteiger partial charge in [0, 0.05) is 12.2 Å². The molecule has 0 N–H and O–H groups in total. The number of hydrogen-bond acceptors (Lipinski definition) is 3. The van der Waals surface area contributed by atoms with Crippen molar-refractivity contribution in [1.82, 2.24) is 0 Å². The molecule has 0 spiro atoms. The minimum atomic E-state index is -0.660. The number of cyclic esters (lactones) is 1. The second-order valence-corrected chi connectivity index (χ2v) is 3.80. The lowest BCUT2D eigenvalue weighted by atomic mass is 10.1. The van der Waals surface area contributed by atoms with E-state index in [0.29, 0.717) is 22.8 Å². The van der Waals surface area contributed by atoms with Crippen LogP contribution in [0.2, 0.25) is 10.0 Å². The lowest BCUT2D eigenvalue weighted by Crippen LogP contribution is -2.03. The molecule has 0 radical (unpaired) electrons. The van der Waals surface area contributed by atoms with Crippen LogP contribution in [-0.2, 0) is 9.47 Å². The van der Waals surface area contributed by atoms with Crippen LogP contribution in [0.1, 0.15) is 29.1 Å². The molecule has 1 aromatic carbocycles. The Morgan fingerprint density at radius 2 is 2.20 bits per heavy atom. The lowest BCUT2D eigenvalue weighted by molar-refractivity contribution is -0.0993. The van der Waals surface area contributed by atoms with Crippen LogP contribution in [0.4, 0.5) is 0 Å². The van der Waals surface area contributed by atoms with Crippen LogP contribution in [-0.4, -0.2) is 12.6 Å². The Morgan fingerprint density at radius 3 is 2.87 bits per heavy atom. The molecule has 0 aliphatic carbocycles. The van der Waals surface area contributed by atoms with Gasteiger partial charge in [-0.1, -0.05) is 29.3 Å². The van der Waals surface area contributed by atoms with Crippen molar-refractivity contribution >= 4 is 29.2 Å². The fraction of sp³-hybridized carbons (Fsp3) is 0.300. The van der Waals surface area contributed by atoms with Crippen molar-refractivity contribution in [1.29, 1.82) is 0 Å². The highest BCUT2D eigenvalue weighted by Gasteiger charge is 2.34. The Hall–Kier alpha value is -0.770. The van der Waals surface area contributed by atoms with Gasteiger partial charge in [0.05, 0.1) is 15.6 Å². The summed E-state index contributed by atoms with van der Waals surface area (Å²) < 4.78 is 10.3. The summed E-state index contributed by atoms with van der Waals surface area (Å²) in [6.07, 6.45) is -0.660. The van der Waals surface area contributed by atoms with E-state index >= 15 is 0 Å². The molecule has 80 valence electrons. The van der Waals surface area contributed by atoms with Crippen molar-refractivity contribution < 1.29 is 14.3 Å². The van der Waals surface area contributed by atoms with E-state index in [4.69, 9.17) is 32.7 Å². The monoisotopic (exact) mass is 246 g/mol. The largest absolute Gasteiger partial charge is 0.428 e. The number of carbonyl (C=O) groups excluding carboxylic acids is 1. The van der Waals surface area contributed by atoms with E-state index in [1.54, 1.807) is 12.1 Å². The zero-order valence-electron chi connectivity index (χ0n) is 7.92. The normalized spacial score (nSPS) is 18.9. The highest BCUT2D eigenvalue weighted by atomic mass is 35.5. The van der Waals surface area contributed by atoms with E-state index in [1.165, 1.54) is 0 Å². The smallest absolute Gasteiger partial charge is 0.342 e. The standard InChI is InChI=1S/C10H8Cl2O3/c1-2-14-10-5-3-4-6(11)8(12)7(5)9(13)15-10/h3-4,10H,2H2,1H3. The predicted octanol–water partition coefficient (Wildman–Crippen LogP) is 3.20. The third-order valence-electron chi connectivity index (χ3n) is 2.12. The molecule has 0 saturated carbocycles. The highest BCUT2D eigenvalue weighted by Crippen LogP contribution is 2.38. The molecule has 15 heavy (non-hydrogen) atoms. The molecule has 1 heterocycles. The first-order valence-electron chi connectivity index (χ1n) is 4.45.